The van der Waals surface area contributed by atoms with E-state index in [1.807, 2.05) is 12.1 Å². The molecule has 0 saturated heterocycles. The monoisotopic (exact) mass is 394 g/mol. The van der Waals surface area contributed by atoms with Crippen LogP contribution >= 0.6 is 15.9 Å². The molecule has 0 aliphatic rings. The molecule has 0 spiro atoms. The van der Waals surface area contributed by atoms with Crippen molar-refractivity contribution in [2.24, 2.45) is 0 Å². The molecule has 1 aromatic heterocycles. The zero-order valence-electron chi connectivity index (χ0n) is 13.7. The van der Waals surface area contributed by atoms with Crippen molar-refractivity contribution in [3.8, 4) is 17.0 Å². The van der Waals surface area contributed by atoms with E-state index in [0.29, 0.717) is 41.5 Å². The Kier molecular flexibility index (Phi) is 6.10. The summed E-state index contributed by atoms with van der Waals surface area (Å²) >= 11 is 3.44. The molecular formula is C16H19BrN4O3. The van der Waals surface area contributed by atoms with E-state index in [2.05, 4.69) is 31.2 Å². The molecule has 1 amide bonds. The Hall–Kier alpha value is -2.19. The Bertz CT molecular complexity index is 752. The molecule has 1 aromatic carbocycles. The van der Waals surface area contributed by atoms with Gasteiger partial charge in [-0.25, -0.2) is 9.97 Å². The average molecular weight is 395 g/mol. The summed E-state index contributed by atoms with van der Waals surface area (Å²) in [5.74, 6) is 0.390. The number of nitrogens with zero attached hydrogens (tertiary/aromatic N) is 2. The minimum Gasteiger partial charge on any atom is -0.490 e. The Balaban J connectivity index is 2.62. The van der Waals surface area contributed by atoms with Gasteiger partial charge in [0.25, 0.3) is 5.91 Å². The van der Waals surface area contributed by atoms with E-state index in [9.17, 15) is 4.79 Å². The number of nitrogens with two attached hydrogens (primary N) is 1. The van der Waals surface area contributed by atoms with Crippen LogP contribution in [-0.2, 0) is 4.74 Å². The number of amides is 1. The second-order valence-electron chi connectivity index (χ2n) is 4.95. The molecular weight excluding hydrogens is 376 g/mol. The second kappa shape index (κ2) is 8.07. The Morgan fingerprint density at radius 2 is 2.08 bits per heavy atom. The van der Waals surface area contributed by atoms with Crippen LogP contribution in [0.25, 0.3) is 11.3 Å². The van der Waals surface area contributed by atoms with Crippen molar-refractivity contribution >= 4 is 27.8 Å². The molecule has 0 bridgehead atoms. The van der Waals surface area contributed by atoms with E-state index >= 15 is 0 Å². The van der Waals surface area contributed by atoms with Crippen LogP contribution in [0, 0.1) is 6.92 Å². The van der Waals surface area contributed by atoms with Crippen molar-refractivity contribution < 1.29 is 14.3 Å². The van der Waals surface area contributed by atoms with Crippen molar-refractivity contribution in [2.75, 3.05) is 33.1 Å². The molecule has 1 heterocycles. The lowest BCUT2D eigenvalue weighted by atomic mass is 10.0. The Labute approximate surface area is 148 Å². The third kappa shape index (κ3) is 4.01. The number of carbonyl (C=O) groups excluding carboxylic acids is 1. The average Bonchev–Trinajstić information content (AvgIpc) is 2.55. The predicted molar refractivity (Wildman–Crippen MR) is 95.1 cm³/mol. The number of ether oxygens (including phenoxy) is 2. The number of carbonyl (C=O) groups is 1. The number of halogens is 1. The molecule has 24 heavy (non-hydrogen) atoms. The van der Waals surface area contributed by atoms with Crippen LogP contribution in [0.2, 0.25) is 0 Å². The van der Waals surface area contributed by atoms with Gasteiger partial charge in [0.05, 0.1) is 23.6 Å². The molecule has 0 aliphatic heterocycles. The quantitative estimate of drug-likeness (QED) is 0.728. The molecule has 0 aliphatic carbocycles. The number of methoxy groups -OCH3 is 1. The molecule has 2 rings (SSSR count). The second-order valence-corrected chi connectivity index (χ2v) is 5.87. The first-order chi connectivity index (χ1) is 11.5. The van der Waals surface area contributed by atoms with Gasteiger partial charge in [-0.15, -0.1) is 0 Å². The van der Waals surface area contributed by atoms with Gasteiger partial charge >= 0.3 is 0 Å². The van der Waals surface area contributed by atoms with Gasteiger partial charge in [-0.2, -0.15) is 0 Å². The zero-order chi connectivity index (χ0) is 17.7. The number of nitrogen functional groups attached to an aromatic ring is 1. The van der Waals surface area contributed by atoms with Crippen LogP contribution < -0.4 is 15.8 Å². The van der Waals surface area contributed by atoms with Crippen LogP contribution in [0.3, 0.4) is 0 Å². The topological polar surface area (TPSA) is 99.4 Å². The van der Waals surface area contributed by atoms with Crippen molar-refractivity contribution in [3.63, 3.8) is 0 Å². The lowest BCUT2D eigenvalue weighted by Crippen LogP contribution is -2.22. The highest BCUT2D eigenvalue weighted by Crippen LogP contribution is 2.34. The van der Waals surface area contributed by atoms with Crippen molar-refractivity contribution in [1.29, 1.82) is 0 Å². The maximum Gasteiger partial charge on any atom is 0.255 e. The summed E-state index contributed by atoms with van der Waals surface area (Å²) < 4.78 is 11.6. The molecule has 3 N–H and O–H groups in total. The molecule has 0 unspecified atom stereocenters. The zero-order valence-corrected chi connectivity index (χ0v) is 15.3. The van der Waals surface area contributed by atoms with Crippen molar-refractivity contribution in [1.82, 2.24) is 15.3 Å². The number of aromatic nitrogens is 2. The molecule has 2 aromatic rings. The van der Waals surface area contributed by atoms with Crippen molar-refractivity contribution in [3.05, 3.63) is 33.9 Å². The number of rotatable bonds is 6. The van der Waals surface area contributed by atoms with E-state index in [1.54, 1.807) is 27.1 Å². The van der Waals surface area contributed by atoms with Gasteiger partial charge in [-0.3, -0.25) is 4.79 Å². The SMILES string of the molecule is CNC(=O)c1c(C)nc(N)nc1-c1cc(Br)ccc1OCCOC. The van der Waals surface area contributed by atoms with Gasteiger partial charge in [0, 0.05) is 24.2 Å². The Morgan fingerprint density at radius 3 is 2.75 bits per heavy atom. The summed E-state index contributed by atoms with van der Waals surface area (Å²) in [7, 11) is 3.16. The fourth-order valence-electron chi connectivity index (χ4n) is 2.23. The fourth-order valence-corrected chi connectivity index (χ4v) is 2.60. The third-order valence-corrected chi connectivity index (χ3v) is 3.80. The molecule has 8 heteroatoms. The lowest BCUT2D eigenvalue weighted by Gasteiger charge is -2.15. The molecule has 0 radical (unpaired) electrons. The normalized spacial score (nSPS) is 10.5. The third-order valence-electron chi connectivity index (χ3n) is 3.30. The number of anilines is 1. The largest absolute Gasteiger partial charge is 0.490 e. The van der Waals surface area contributed by atoms with Crippen LogP contribution in [0.4, 0.5) is 5.95 Å². The number of hydrogen-bond donors (Lipinski definition) is 2. The summed E-state index contributed by atoms with van der Waals surface area (Å²) in [6.45, 7) is 2.54. The summed E-state index contributed by atoms with van der Waals surface area (Å²) in [5.41, 5.74) is 7.73. The van der Waals surface area contributed by atoms with E-state index in [-0.39, 0.29) is 11.9 Å². The summed E-state index contributed by atoms with van der Waals surface area (Å²) in [4.78, 5) is 20.7. The first kappa shape index (κ1) is 18.2. The fraction of sp³-hybridized carbons (Fsp3) is 0.312. The maximum atomic E-state index is 12.3. The molecule has 7 nitrogen and oxygen atoms in total. The van der Waals surface area contributed by atoms with Crippen LogP contribution in [0.1, 0.15) is 16.1 Å². The smallest absolute Gasteiger partial charge is 0.255 e. The summed E-state index contributed by atoms with van der Waals surface area (Å²) in [5, 5.41) is 2.61. The van der Waals surface area contributed by atoms with E-state index in [1.165, 1.54) is 0 Å². The van der Waals surface area contributed by atoms with E-state index in [0.717, 1.165) is 4.47 Å². The van der Waals surface area contributed by atoms with Gasteiger partial charge < -0.3 is 20.5 Å². The van der Waals surface area contributed by atoms with Gasteiger partial charge in [0.1, 0.15) is 12.4 Å². The Morgan fingerprint density at radius 1 is 1.33 bits per heavy atom. The standard InChI is InChI=1S/C16H19BrN4O3/c1-9-13(15(22)19-2)14(21-16(18)20-9)11-8-10(17)4-5-12(11)24-7-6-23-3/h4-5,8H,6-7H2,1-3H3,(H,19,22)(H2,18,20,21). The molecule has 0 saturated carbocycles. The summed E-state index contributed by atoms with van der Waals surface area (Å²) in [6, 6.07) is 5.48. The molecule has 0 fully saturated rings. The highest BCUT2D eigenvalue weighted by atomic mass is 79.9. The van der Waals surface area contributed by atoms with E-state index in [4.69, 9.17) is 15.2 Å². The minimum absolute atomic E-state index is 0.0953. The summed E-state index contributed by atoms with van der Waals surface area (Å²) in [6.07, 6.45) is 0. The molecule has 128 valence electrons. The highest BCUT2D eigenvalue weighted by Gasteiger charge is 2.21. The minimum atomic E-state index is -0.287. The molecule has 0 atom stereocenters. The number of aryl methyl sites for hydroxylation is 1. The van der Waals surface area contributed by atoms with Gasteiger partial charge in [-0.1, -0.05) is 15.9 Å². The van der Waals surface area contributed by atoms with Gasteiger partial charge in [0.2, 0.25) is 5.95 Å². The van der Waals surface area contributed by atoms with E-state index < -0.39 is 0 Å². The first-order valence-electron chi connectivity index (χ1n) is 7.25. The number of benzene rings is 1. The first-order valence-corrected chi connectivity index (χ1v) is 8.05. The van der Waals surface area contributed by atoms with Crippen molar-refractivity contribution in [2.45, 2.75) is 6.92 Å². The lowest BCUT2D eigenvalue weighted by molar-refractivity contribution is 0.0962. The van der Waals surface area contributed by atoms with Gasteiger partial charge in [-0.05, 0) is 25.1 Å². The van der Waals surface area contributed by atoms with Gasteiger partial charge in [0.15, 0.2) is 0 Å². The number of nitrogens with one attached hydrogen (secondary N) is 1. The number of hydrogen-bond acceptors (Lipinski definition) is 6. The van der Waals surface area contributed by atoms with Crippen LogP contribution in [0.5, 0.6) is 5.75 Å². The predicted octanol–water partition coefficient (Wildman–Crippen LogP) is 2.18. The highest BCUT2D eigenvalue weighted by molar-refractivity contribution is 9.10. The van der Waals surface area contributed by atoms with Crippen LogP contribution in [-0.4, -0.2) is 43.2 Å². The maximum absolute atomic E-state index is 12.3. The van der Waals surface area contributed by atoms with Crippen LogP contribution in [0.15, 0.2) is 22.7 Å².